The topological polar surface area (TPSA) is 98.2 Å². The smallest absolute Gasteiger partial charge is 0.265 e. The van der Waals surface area contributed by atoms with E-state index < -0.39 is 10.1 Å². The Bertz CT molecular complexity index is 1500. The van der Waals surface area contributed by atoms with Gasteiger partial charge in [-0.2, -0.15) is 8.42 Å². The molecule has 2 aliphatic heterocycles. The number of fused-ring (bicyclic) bond motifs is 3. The van der Waals surface area contributed by atoms with E-state index in [-0.39, 0.29) is 34.7 Å². The summed E-state index contributed by atoms with van der Waals surface area (Å²) in [6, 6.07) is 12.1. The average molecular weight is 614 g/mol. The van der Waals surface area contributed by atoms with Crippen molar-refractivity contribution in [3.05, 3.63) is 71.3 Å². The highest BCUT2D eigenvalue weighted by atomic mass is 32.2. The van der Waals surface area contributed by atoms with Crippen LogP contribution in [0.15, 0.2) is 76.2 Å². The second-order valence-corrected chi connectivity index (χ2v) is 12.9. The van der Waals surface area contributed by atoms with Crippen molar-refractivity contribution in [3.8, 4) is 0 Å². The van der Waals surface area contributed by atoms with E-state index in [1.165, 1.54) is 9.80 Å². The lowest BCUT2D eigenvalue weighted by Gasteiger charge is -2.36. The number of benzene rings is 2. The van der Waals surface area contributed by atoms with E-state index in [1.54, 1.807) is 30.0 Å². The van der Waals surface area contributed by atoms with Gasteiger partial charge in [0.25, 0.3) is 21.9 Å². The van der Waals surface area contributed by atoms with Crippen LogP contribution in [0.1, 0.15) is 46.0 Å². The van der Waals surface area contributed by atoms with Crippen LogP contribution in [0.25, 0.3) is 10.8 Å². The van der Waals surface area contributed by atoms with Crippen LogP contribution in [-0.4, -0.2) is 65.1 Å². The maximum absolute atomic E-state index is 13.2. The SMILES string of the molecule is CCCCN1C(=O)C(=C/C=C/C=C2/Sc3ccc4ccccc4c3N2CCCS(=O)(=O)O)C(=O)N(CCCC)C1=S. The zero-order valence-corrected chi connectivity index (χ0v) is 25.7. The molecule has 2 aliphatic rings. The molecule has 4 rings (SSSR count). The predicted octanol–water partition coefficient (Wildman–Crippen LogP) is 5.91. The van der Waals surface area contributed by atoms with E-state index in [4.69, 9.17) is 12.2 Å². The van der Waals surface area contributed by atoms with Gasteiger partial charge in [0.05, 0.1) is 16.5 Å². The molecule has 0 aromatic heterocycles. The highest BCUT2D eigenvalue weighted by molar-refractivity contribution is 8.03. The number of hydrogen-bond acceptors (Lipinski definition) is 7. The third-order valence-corrected chi connectivity index (χ3v) is 9.25. The molecular formula is C30H35N3O5S3. The Hall–Kier alpha value is -2.99. The first-order valence-electron chi connectivity index (χ1n) is 13.8. The first kappa shape index (κ1) is 31.0. The number of thiocarbonyl (C=S) groups is 1. The van der Waals surface area contributed by atoms with Crippen molar-refractivity contribution in [3.63, 3.8) is 0 Å². The molecule has 0 saturated carbocycles. The number of unbranched alkanes of at least 4 members (excludes halogenated alkanes) is 2. The molecule has 0 unspecified atom stereocenters. The number of amides is 2. The van der Waals surface area contributed by atoms with E-state index in [2.05, 4.69) is 11.0 Å². The van der Waals surface area contributed by atoms with Crippen molar-refractivity contribution in [2.24, 2.45) is 0 Å². The zero-order valence-electron chi connectivity index (χ0n) is 23.3. The largest absolute Gasteiger partial charge is 0.334 e. The Kier molecular flexibility index (Phi) is 10.4. The molecule has 0 aliphatic carbocycles. The van der Waals surface area contributed by atoms with Crippen molar-refractivity contribution in [2.45, 2.75) is 50.8 Å². The highest BCUT2D eigenvalue weighted by Crippen LogP contribution is 2.49. The molecule has 41 heavy (non-hydrogen) atoms. The molecule has 1 fully saturated rings. The second kappa shape index (κ2) is 13.8. The van der Waals surface area contributed by atoms with Crippen molar-refractivity contribution in [2.75, 3.05) is 30.3 Å². The number of hydrogen-bond donors (Lipinski definition) is 1. The number of anilines is 1. The lowest BCUT2D eigenvalue weighted by atomic mass is 10.1. The fraction of sp³-hybridized carbons (Fsp3) is 0.367. The fourth-order valence-electron chi connectivity index (χ4n) is 4.79. The summed E-state index contributed by atoms with van der Waals surface area (Å²) in [5.41, 5.74) is 1.07. The van der Waals surface area contributed by atoms with Gasteiger partial charge in [-0.25, -0.2) is 0 Å². The Balaban J connectivity index is 1.62. The maximum atomic E-state index is 13.2. The minimum absolute atomic E-state index is 0.0822. The fourth-order valence-corrected chi connectivity index (χ4v) is 6.75. The van der Waals surface area contributed by atoms with E-state index in [9.17, 15) is 22.6 Å². The lowest BCUT2D eigenvalue weighted by molar-refractivity contribution is -0.133. The number of carbonyl (C=O) groups is 2. The van der Waals surface area contributed by atoms with E-state index in [0.717, 1.165) is 52.1 Å². The van der Waals surface area contributed by atoms with Crippen LogP contribution in [-0.2, 0) is 19.7 Å². The van der Waals surface area contributed by atoms with Crippen LogP contribution in [0.3, 0.4) is 0 Å². The Morgan fingerprint density at radius 1 is 0.854 bits per heavy atom. The summed E-state index contributed by atoms with van der Waals surface area (Å²) in [6.45, 7) is 5.41. The predicted molar refractivity (Wildman–Crippen MR) is 169 cm³/mol. The van der Waals surface area contributed by atoms with Gasteiger partial charge in [0, 0.05) is 29.9 Å². The number of rotatable bonds is 12. The molecule has 0 spiro atoms. The number of nitrogens with zero attached hydrogens (tertiary/aromatic N) is 3. The van der Waals surface area contributed by atoms with Gasteiger partial charge < -0.3 is 4.90 Å². The summed E-state index contributed by atoms with van der Waals surface area (Å²) < 4.78 is 32.0. The van der Waals surface area contributed by atoms with Crippen LogP contribution >= 0.6 is 24.0 Å². The Morgan fingerprint density at radius 2 is 1.46 bits per heavy atom. The molecule has 0 atom stereocenters. The third-order valence-electron chi connectivity index (χ3n) is 6.89. The number of allylic oxidation sites excluding steroid dienone is 4. The number of thioether (sulfide) groups is 1. The normalized spacial score (nSPS) is 17.0. The molecule has 1 saturated heterocycles. The van der Waals surface area contributed by atoms with Crippen LogP contribution in [0.2, 0.25) is 0 Å². The van der Waals surface area contributed by atoms with Gasteiger partial charge in [0.15, 0.2) is 5.11 Å². The van der Waals surface area contributed by atoms with E-state index in [0.29, 0.717) is 19.6 Å². The minimum atomic E-state index is -4.08. The van der Waals surface area contributed by atoms with Crippen molar-refractivity contribution in [1.29, 1.82) is 0 Å². The zero-order chi connectivity index (χ0) is 29.6. The highest BCUT2D eigenvalue weighted by Gasteiger charge is 2.38. The molecular weight excluding hydrogens is 579 g/mol. The van der Waals surface area contributed by atoms with Gasteiger partial charge in [0.1, 0.15) is 5.57 Å². The van der Waals surface area contributed by atoms with Crippen molar-refractivity contribution >= 4 is 67.5 Å². The summed E-state index contributed by atoms with van der Waals surface area (Å²) in [7, 11) is -4.08. The molecule has 8 nitrogen and oxygen atoms in total. The van der Waals surface area contributed by atoms with E-state index in [1.807, 2.05) is 50.3 Å². The summed E-state index contributed by atoms with van der Waals surface area (Å²) in [6.07, 6.45) is 10.5. The molecule has 2 heterocycles. The summed E-state index contributed by atoms with van der Waals surface area (Å²) in [5, 5.41) is 3.27. The summed E-state index contributed by atoms with van der Waals surface area (Å²) in [5.74, 6) is -1.09. The molecule has 2 aromatic rings. The molecule has 2 aromatic carbocycles. The van der Waals surface area contributed by atoms with Crippen LogP contribution in [0.5, 0.6) is 0 Å². The van der Waals surface area contributed by atoms with Gasteiger partial charge in [0.2, 0.25) is 0 Å². The van der Waals surface area contributed by atoms with Gasteiger partial charge in [-0.15, -0.1) is 0 Å². The van der Waals surface area contributed by atoms with Crippen LogP contribution in [0, 0.1) is 0 Å². The third kappa shape index (κ3) is 7.27. The lowest BCUT2D eigenvalue weighted by Crippen LogP contribution is -2.56. The first-order valence-corrected chi connectivity index (χ1v) is 16.7. The molecule has 218 valence electrons. The van der Waals surface area contributed by atoms with Crippen molar-refractivity contribution < 1.29 is 22.6 Å². The Labute approximate surface area is 251 Å². The van der Waals surface area contributed by atoms with Crippen LogP contribution in [0.4, 0.5) is 5.69 Å². The summed E-state index contributed by atoms with van der Waals surface area (Å²) in [4.78, 5) is 32.6. The first-order chi connectivity index (χ1) is 19.7. The average Bonchev–Trinajstić information content (AvgIpc) is 3.29. The van der Waals surface area contributed by atoms with Gasteiger partial charge in [-0.3, -0.25) is 23.9 Å². The second-order valence-electron chi connectivity index (χ2n) is 9.90. The van der Waals surface area contributed by atoms with Crippen molar-refractivity contribution in [1.82, 2.24) is 9.80 Å². The molecule has 2 amide bonds. The van der Waals surface area contributed by atoms with Gasteiger partial charge in [-0.05, 0) is 55.1 Å². The molecule has 11 heteroatoms. The van der Waals surface area contributed by atoms with Gasteiger partial charge in [-0.1, -0.05) is 80.9 Å². The molecule has 1 N–H and O–H groups in total. The summed E-state index contributed by atoms with van der Waals surface area (Å²) >= 11 is 7.08. The molecule has 0 bridgehead atoms. The quantitative estimate of drug-likeness (QED) is 0.137. The molecule has 0 radical (unpaired) electrons. The van der Waals surface area contributed by atoms with Gasteiger partial charge >= 0.3 is 0 Å². The van der Waals surface area contributed by atoms with Crippen LogP contribution < -0.4 is 4.90 Å². The minimum Gasteiger partial charge on any atom is -0.334 e. The number of carbonyl (C=O) groups excluding carboxylic acids is 2. The maximum Gasteiger partial charge on any atom is 0.265 e. The monoisotopic (exact) mass is 613 g/mol. The standard InChI is InChI=1S/C30H35N3O5S3/c1-3-5-18-32-28(34)24(29(35)33(30(32)39)19-6-4-2)14-9-10-15-26-31(20-11-21-41(36,37)38)27-23-13-8-7-12-22(23)16-17-25(27)40-26/h7-10,12-17H,3-6,11,18-21H2,1-2H3,(H,36,37,38)/b10-9+,26-15+. The Morgan fingerprint density at radius 3 is 2.10 bits per heavy atom. The van der Waals surface area contributed by atoms with E-state index >= 15 is 0 Å².